The molecule has 0 unspecified atom stereocenters. The van der Waals surface area contributed by atoms with Crippen LogP contribution < -0.4 is 10.2 Å². The third-order valence-electron chi connectivity index (χ3n) is 4.71. The van der Waals surface area contributed by atoms with E-state index in [0.717, 1.165) is 22.4 Å². The van der Waals surface area contributed by atoms with Gasteiger partial charge in [0.2, 0.25) is 5.91 Å². The van der Waals surface area contributed by atoms with E-state index < -0.39 is 0 Å². The Kier molecular flexibility index (Phi) is 6.80. The first-order valence-electron chi connectivity index (χ1n) is 9.85. The molecular weight excluding hydrogens is 360 g/mol. The minimum absolute atomic E-state index is 0.00266. The van der Waals surface area contributed by atoms with Crippen molar-refractivity contribution in [3.63, 3.8) is 0 Å². The highest BCUT2D eigenvalue weighted by Gasteiger charge is 2.18. The first-order chi connectivity index (χ1) is 14.1. The SMILES string of the molecule is CCNC(=O)Cc1ccc(N(Cc2ccccc2)C(=O)c2ccc(C)cc2)cc1. The topological polar surface area (TPSA) is 49.4 Å². The van der Waals surface area contributed by atoms with Gasteiger partial charge in [0.15, 0.2) is 0 Å². The fourth-order valence-electron chi connectivity index (χ4n) is 3.14. The molecule has 0 atom stereocenters. The van der Waals surface area contributed by atoms with Gasteiger partial charge in [-0.15, -0.1) is 0 Å². The van der Waals surface area contributed by atoms with Crippen molar-refractivity contribution in [3.05, 3.63) is 101 Å². The Morgan fingerprint density at radius 1 is 0.828 bits per heavy atom. The van der Waals surface area contributed by atoms with Crippen LogP contribution in [0.5, 0.6) is 0 Å². The minimum atomic E-state index is -0.0506. The summed E-state index contributed by atoms with van der Waals surface area (Å²) in [6.45, 7) is 5.00. The van der Waals surface area contributed by atoms with Crippen LogP contribution >= 0.6 is 0 Å². The molecule has 3 aromatic rings. The van der Waals surface area contributed by atoms with E-state index in [0.29, 0.717) is 25.1 Å². The first-order valence-corrected chi connectivity index (χ1v) is 9.85. The molecule has 3 aromatic carbocycles. The molecule has 3 rings (SSSR count). The van der Waals surface area contributed by atoms with Crippen molar-refractivity contribution < 1.29 is 9.59 Å². The highest BCUT2D eigenvalue weighted by Crippen LogP contribution is 2.21. The highest BCUT2D eigenvalue weighted by molar-refractivity contribution is 6.06. The summed E-state index contributed by atoms with van der Waals surface area (Å²) in [5, 5.41) is 2.80. The summed E-state index contributed by atoms with van der Waals surface area (Å²) in [5.74, 6) is -0.0533. The molecule has 0 aromatic heterocycles. The van der Waals surface area contributed by atoms with Gasteiger partial charge < -0.3 is 10.2 Å². The van der Waals surface area contributed by atoms with Gasteiger partial charge in [0, 0.05) is 17.8 Å². The van der Waals surface area contributed by atoms with Gasteiger partial charge in [0.25, 0.3) is 5.91 Å². The minimum Gasteiger partial charge on any atom is -0.356 e. The summed E-state index contributed by atoms with van der Waals surface area (Å²) in [5.41, 5.74) is 4.55. The van der Waals surface area contributed by atoms with Gasteiger partial charge in [-0.2, -0.15) is 0 Å². The van der Waals surface area contributed by atoms with Gasteiger partial charge in [-0.25, -0.2) is 0 Å². The quantitative estimate of drug-likeness (QED) is 0.649. The fourth-order valence-corrected chi connectivity index (χ4v) is 3.14. The molecule has 0 saturated heterocycles. The Bertz CT molecular complexity index is 948. The number of hydrogen-bond donors (Lipinski definition) is 1. The molecule has 4 nitrogen and oxygen atoms in total. The van der Waals surface area contributed by atoms with Crippen LogP contribution in [-0.4, -0.2) is 18.4 Å². The van der Waals surface area contributed by atoms with Gasteiger partial charge >= 0.3 is 0 Å². The molecule has 0 heterocycles. The van der Waals surface area contributed by atoms with Gasteiger partial charge in [-0.3, -0.25) is 9.59 Å². The maximum absolute atomic E-state index is 13.3. The van der Waals surface area contributed by atoms with E-state index in [1.54, 1.807) is 4.90 Å². The summed E-state index contributed by atoms with van der Waals surface area (Å²) < 4.78 is 0. The van der Waals surface area contributed by atoms with Crippen LogP contribution in [0.3, 0.4) is 0 Å². The van der Waals surface area contributed by atoms with Crippen molar-refractivity contribution in [1.29, 1.82) is 0 Å². The summed E-state index contributed by atoms with van der Waals surface area (Å²) in [7, 11) is 0. The molecule has 0 bridgehead atoms. The van der Waals surface area contributed by atoms with Crippen LogP contribution in [0.15, 0.2) is 78.9 Å². The van der Waals surface area contributed by atoms with Crippen LogP contribution in [0.1, 0.15) is 34.0 Å². The van der Waals surface area contributed by atoms with Crippen molar-refractivity contribution in [2.75, 3.05) is 11.4 Å². The lowest BCUT2D eigenvalue weighted by molar-refractivity contribution is -0.120. The smallest absolute Gasteiger partial charge is 0.258 e. The van der Waals surface area contributed by atoms with Crippen molar-refractivity contribution >= 4 is 17.5 Å². The summed E-state index contributed by atoms with van der Waals surface area (Å²) in [4.78, 5) is 26.9. The molecule has 2 amide bonds. The number of benzene rings is 3. The Balaban J connectivity index is 1.87. The third kappa shape index (κ3) is 5.55. The molecule has 0 spiro atoms. The van der Waals surface area contributed by atoms with Gasteiger partial charge in [-0.1, -0.05) is 60.2 Å². The maximum Gasteiger partial charge on any atom is 0.258 e. The summed E-state index contributed by atoms with van der Waals surface area (Å²) in [6, 6.07) is 25.2. The molecule has 29 heavy (non-hydrogen) atoms. The number of nitrogens with one attached hydrogen (secondary N) is 1. The van der Waals surface area contributed by atoms with Gasteiger partial charge in [0.05, 0.1) is 13.0 Å². The zero-order valence-electron chi connectivity index (χ0n) is 16.9. The molecule has 148 valence electrons. The molecule has 0 radical (unpaired) electrons. The molecule has 0 fully saturated rings. The van der Waals surface area contributed by atoms with E-state index in [4.69, 9.17) is 0 Å². The highest BCUT2D eigenvalue weighted by atomic mass is 16.2. The first kappa shape index (κ1) is 20.3. The number of likely N-dealkylation sites (N-methyl/N-ethyl adjacent to an activating group) is 1. The molecule has 0 aliphatic rings. The number of nitrogens with zero attached hydrogens (tertiary/aromatic N) is 1. The van der Waals surface area contributed by atoms with E-state index in [1.165, 1.54) is 0 Å². The predicted octanol–water partition coefficient (Wildman–Crippen LogP) is 4.52. The third-order valence-corrected chi connectivity index (χ3v) is 4.71. The summed E-state index contributed by atoms with van der Waals surface area (Å²) >= 11 is 0. The second-order valence-corrected chi connectivity index (χ2v) is 7.04. The molecule has 1 N–H and O–H groups in total. The average molecular weight is 386 g/mol. The van der Waals surface area contributed by atoms with Crippen molar-refractivity contribution in [1.82, 2.24) is 5.32 Å². The number of aryl methyl sites for hydroxylation is 1. The van der Waals surface area contributed by atoms with Crippen LogP contribution in [0.4, 0.5) is 5.69 Å². The number of rotatable bonds is 7. The van der Waals surface area contributed by atoms with Crippen LogP contribution in [-0.2, 0) is 17.8 Å². The van der Waals surface area contributed by atoms with E-state index in [2.05, 4.69) is 5.32 Å². The molecule has 0 saturated carbocycles. The van der Waals surface area contributed by atoms with Gasteiger partial charge in [0.1, 0.15) is 0 Å². The Morgan fingerprint density at radius 2 is 1.48 bits per heavy atom. The maximum atomic E-state index is 13.3. The van der Waals surface area contributed by atoms with Crippen molar-refractivity contribution in [2.24, 2.45) is 0 Å². The molecule has 0 aliphatic heterocycles. The second kappa shape index (κ2) is 9.69. The zero-order chi connectivity index (χ0) is 20.6. The lowest BCUT2D eigenvalue weighted by Crippen LogP contribution is -2.30. The second-order valence-electron chi connectivity index (χ2n) is 7.04. The monoisotopic (exact) mass is 386 g/mol. The molecule has 0 aliphatic carbocycles. The van der Waals surface area contributed by atoms with Gasteiger partial charge in [-0.05, 0) is 49.2 Å². The molecular formula is C25H26N2O2. The van der Waals surface area contributed by atoms with E-state index >= 15 is 0 Å². The van der Waals surface area contributed by atoms with Crippen molar-refractivity contribution in [2.45, 2.75) is 26.8 Å². The number of hydrogen-bond acceptors (Lipinski definition) is 2. The van der Waals surface area contributed by atoms with Crippen LogP contribution in [0, 0.1) is 6.92 Å². The number of amides is 2. The predicted molar refractivity (Wildman–Crippen MR) is 117 cm³/mol. The van der Waals surface area contributed by atoms with Crippen molar-refractivity contribution in [3.8, 4) is 0 Å². The van der Waals surface area contributed by atoms with E-state index in [-0.39, 0.29) is 11.8 Å². The Labute approximate surface area is 172 Å². The van der Waals surface area contributed by atoms with Crippen LogP contribution in [0.2, 0.25) is 0 Å². The lowest BCUT2D eigenvalue weighted by Gasteiger charge is -2.23. The average Bonchev–Trinajstić information content (AvgIpc) is 2.74. The molecule has 4 heteroatoms. The number of carbonyl (C=O) groups is 2. The largest absolute Gasteiger partial charge is 0.356 e. The lowest BCUT2D eigenvalue weighted by atomic mass is 10.1. The van der Waals surface area contributed by atoms with Crippen LogP contribution in [0.25, 0.3) is 0 Å². The standard InChI is InChI=1S/C25H26N2O2/c1-3-26-24(28)17-20-11-15-23(16-12-20)27(18-21-7-5-4-6-8-21)25(29)22-13-9-19(2)10-14-22/h4-16H,3,17-18H2,1-2H3,(H,26,28). The van der Waals surface area contributed by atoms with E-state index in [1.807, 2.05) is 92.7 Å². The fraction of sp³-hybridized carbons (Fsp3) is 0.200. The number of carbonyl (C=O) groups excluding carboxylic acids is 2. The Morgan fingerprint density at radius 3 is 2.10 bits per heavy atom. The van der Waals surface area contributed by atoms with E-state index in [9.17, 15) is 9.59 Å². The summed E-state index contributed by atoms with van der Waals surface area (Å²) in [6.07, 6.45) is 0.332. The normalized spacial score (nSPS) is 10.4. The number of anilines is 1. The zero-order valence-corrected chi connectivity index (χ0v) is 16.9. The Hall–Kier alpha value is -3.40.